The molecule has 2 aliphatic rings. The first kappa shape index (κ1) is 15.7. The number of halogens is 2. The van der Waals surface area contributed by atoms with Crippen molar-refractivity contribution in [3.05, 3.63) is 34.6 Å². The molecular weight excluding hydrogens is 307 g/mol. The fourth-order valence-electron chi connectivity index (χ4n) is 3.18. The highest BCUT2D eigenvalue weighted by Crippen LogP contribution is 2.22. The lowest BCUT2D eigenvalue weighted by atomic mass is 10.1. The van der Waals surface area contributed by atoms with E-state index in [0.717, 1.165) is 39.1 Å². The fraction of sp³-hybridized carbons (Fsp3) is 0.562. The van der Waals surface area contributed by atoms with E-state index in [1.165, 1.54) is 12.1 Å². The molecule has 0 radical (unpaired) electrons. The summed E-state index contributed by atoms with van der Waals surface area (Å²) in [6.07, 6.45) is 1.93. The van der Waals surface area contributed by atoms with E-state index >= 15 is 0 Å². The molecule has 0 saturated carbocycles. The third kappa shape index (κ3) is 3.26. The minimum atomic E-state index is -0.553. The van der Waals surface area contributed by atoms with Crippen molar-refractivity contribution in [2.75, 3.05) is 39.4 Å². The maximum atomic E-state index is 13.9. The third-order valence-electron chi connectivity index (χ3n) is 4.42. The predicted octanol–water partition coefficient (Wildman–Crippen LogP) is 2.42. The number of rotatable bonds is 2. The fourth-order valence-corrected chi connectivity index (χ4v) is 3.42. The molecule has 1 atom stereocenters. The van der Waals surface area contributed by atoms with Gasteiger partial charge in [0, 0.05) is 38.8 Å². The molecule has 0 aromatic heterocycles. The van der Waals surface area contributed by atoms with Gasteiger partial charge in [-0.1, -0.05) is 17.7 Å². The van der Waals surface area contributed by atoms with Crippen molar-refractivity contribution in [1.82, 2.24) is 9.80 Å². The van der Waals surface area contributed by atoms with Crippen molar-refractivity contribution < 1.29 is 13.9 Å². The van der Waals surface area contributed by atoms with Gasteiger partial charge < -0.3 is 9.64 Å². The topological polar surface area (TPSA) is 32.8 Å². The molecule has 120 valence electrons. The van der Waals surface area contributed by atoms with Gasteiger partial charge in [0.05, 0.1) is 17.2 Å². The number of hydrogen-bond acceptors (Lipinski definition) is 3. The largest absolute Gasteiger partial charge is 0.380 e. The van der Waals surface area contributed by atoms with Gasteiger partial charge in [-0.05, 0) is 25.0 Å². The Kier molecular flexibility index (Phi) is 4.96. The molecule has 22 heavy (non-hydrogen) atoms. The molecule has 1 aromatic carbocycles. The van der Waals surface area contributed by atoms with Gasteiger partial charge in [0.2, 0.25) is 0 Å². The molecule has 0 aliphatic carbocycles. The van der Waals surface area contributed by atoms with E-state index in [1.54, 1.807) is 11.0 Å². The molecule has 2 aliphatic heterocycles. The summed E-state index contributed by atoms with van der Waals surface area (Å²) in [4.78, 5) is 16.7. The Hall–Kier alpha value is -1.17. The van der Waals surface area contributed by atoms with Gasteiger partial charge in [-0.15, -0.1) is 0 Å². The number of ether oxygens (including phenoxy) is 1. The van der Waals surface area contributed by atoms with E-state index in [9.17, 15) is 9.18 Å². The Morgan fingerprint density at radius 3 is 2.86 bits per heavy atom. The van der Waals surface area contributed by atoms with Gasteiger partial charge in [-0.3, -0.25) is 9.69 Å². The molecule has 4 nitrogen and oxygen atoms in total. The van der Waals surface area contributed by atoms with Gasteiger partial charge in [0.25, 0.3) is 5.91 Å². The summed E-state index contributed by atoms with van der Waals surface area (Å²) in [6.45, 7) is 4.56. The smallest absolute Gasteiger partial charge is 0.258 e. The number of carbonyl (C=O) groups is 1. The Balaban J connectivity index is 1.69. The van der Waals surface area contributed by atoms with Crippen LogP contribution in [0.2, 0.25) is 5.02 Å². The first-order valence-electron chi connectivity index (χ1n) is 7.72. The van der Waals surface area contributed by atoms with Crippen LogP contribution in [0.1, 0.15) is 23.2 Å². The second-order valence-electron chi connectivity index (χ2n) is 5.80. The Morgan fingerprint density at radius 1 is 1.27 bits per heavy atom. The number of benzene rings is 1. The van der Waals surface area contributed by atoms with Crippen LogP contribution in [0.25, 0.3) is 0 Å². The van der Waals surface area contributed by atoms with Crippen molar-refractivity contribution in [3.63, 3.8) is 0 Å². The second kappa shape index (κ2) is 6.94. The monoisotopic (exact) mass is 326 g/mol. The van der Waals surface area contributed by atoms with Crippen LogP contribution in [0, 0.1) is 5.82 Å². The number of amides is 1. The highest BCUT2D eigenvalue weighted by atomic mass is 35.5. The summed E-state index contributed by atoms with van der Waals surface area (Å²) >= 11 is 6.00. The second-order valence-corrected chi connectivity index (χ2v) is 6.20. The summed E-state index contributed by atoms with van der Waals surface area (Å²) < 4.78 is 19.4. The normalized spacial score (nSPS) is 23.5. The average Bonchev–Trinajstić information content (AvgIpc) is 2.91. The molecule has 0 N–H and O–H groups in total. The summed E-state index contributed by atoms with van der Waals surface area (Å²) in [5, 5.41) is 0.176. The first-order chi connectivity index (χ1) is 10.7. The zero-order valence-corrected chi connectivity index (χ0v) is 13.2. The lowest BCUT2D eigenvalue weighted by molar-refractivity contribution is 0.0752. The molecule has 1 aromatic rings. The first-order valence-corrected chi connectivity index (χ1v) is 8.09. The van der Waals surface area contributed by atoms with Gasteiger partial charge in [-0.25, -0.2) is 4.39 Å². The van der Waals surface area contributed by atoms with Gasteiger partial charge in [-0.2, -0.15) is 0 Å². The van der Waals surface area contributed by atoms with Crippen molar-refractivity contribution in [3.8, 4) is 0 Å². The molecule has 2 heterocycles. The summed E-state index contributed by atoms with van der Waals surface area (Å²) in [7, 11) is 0. The Bertz CT molecular complexity index is 529. The van der Waals surface area contributed by atoms with E-state index in [-0.39, 0.29) is 16.5 Å². The molecule has 3 rings (SSSR count). The average molecular weight is 327 g/mol. The van der Waals surface area contributed by atoms with Crippen molar-refractivity contribution in [1.29, 1.82) is 0 Å². The molecule has 0 spiro atoms. The van der Waals surface area contributed by atoms with Crippen molar-refractivity contribution >= 4 is 17.5 Å². The maximum Gasteiger partial charge on any atom is 0.258 e. The van der Waals surface area contributed by atoms with E-state index < -0.39 is 5.82 Å². The lowest BCUT2D eigenvalue weighted by Crippen LogP contribution is -2.40. The zero-order chi connectivity index (χ0) is 15.5. The predicted molar refractivity (Wildman–Crippen MR) is 82.7 cm³/mol. The summed E-state index contributed by atoms with van der Waals surface area (Å²) in [5.74, 6) is -0.865. The number of hydrogen-bond donors (Lipinski definition) is 0. The van der Waals surface area contributed by atoms with Crippen molar-refractivity contribution in [2.45, 2.75) is 18.9 Å². The lowest BCUT2D eigenvalue weighted by Gasteiger charge is -2.26. The van der Waals surface area contributed by atoms with Crippen LogP contribution in [0.4, 0.5) is 4.39 Å². The molecule has 2 fully saturated rings. The van der Waals surface area contributed by atoms with E-state index in [2.05, 4.69) is 4.90 Å². The highest BCUT2D eigenvalue weighted by molar-refractivity contribution is 6.33. The minimum absolute atomic E-state index is 0.0122. The van der Waals surface area contributed by atoms with Crippen LogP contribution >= 0.6 is 11.6 Å². The van der Waals surface area contributed by atoms with Crippen LogP contribution in [0.5, 0.6) is 0 Å². The Labute approximate surface area is 134 Å². The van der Waals surface area contributed by atoms with Crippen molar-refractivity contribution in [2.24, 2.45) is 0 Å². The van der Waals surface area contributed by atoms with Crippen LogP contribution < -0.4 is 0 Å². The molecule has 0 bridgehead atoms. The van der Waals surface area contributed by atoms with Gasteiger partial charge in [0.1, 0.15) is 5.82 Å². The van der Waals surface area contributed by atoms with E-state index in [4.69, 9.17) is 16.3 Å². The van der Waals surface area contributed by atoms with Crippen LogP contribution in [-0.4, -0.2) is 61.1 Å². The van der Waals surface area contributed by atoms with E-state index in [0.29, 0.717) is 19.1 Å². The highest BCUT2D eigenvalue weighted by Gasteiger charge is 2.28. The number of carbonyl (C=O) groups excluding carboxylic acids is 1. The summed E-state index contributed by atoms with van der Waals surface area (Å²) in [5.41, 5.74) is -0.0122. The molecule has 0 unspecified atom stereocenters. The standard InChI is InChI=1S/C16H20ClFN2O2/c17-13-3-1-4-14(18)15(13)16(21)20-7-2-6-19(8-9-20)12-5-10-22-11-12/h1,3-4,12H,2,5-11H2/t12-/m0/s1. The summed E-state index contributed by atoms with van der Waals surface area (Å²) in [6, 6.07) is 4.79. The molecule has 2 saturated heterocycles. The molecule has 1 amide bonds. The SMILES string of the molecule is O=C(c1c(F)cccc1Cl)N1CCCN([C@H]2CCOC2)CC1. The molecular formula is C16H20ClFN2O2. The Morgan fingerprint density at radius 2 is 2.14 bits per heavy atom. The van der Waals surface area contributed by atoms with Crippen LogP contribution in [0.3, 0.4) is 0 Å². The third-order valence-corrected chi connectivity index (χ3v) is 4.73. The van der Waals surface area contributed by atoms with Gasteiger partial charge >= 0.3 is 0 Å². The minimum Gasteiger partial charge on any atom is -0.380 e. The van der Waals surface area contributed by atoms with E-state index in [1.807, 2.05) is 0 Å². The van der Waals surface area contributed by atoms with Crippen LogP contribution in [-0.2, 0) is 4.74 Å². The number of nitrogens with zero attached hydrogens (tertiary/aromatic N) is 2. The van der Waals surface area contributed by atoms with Crippen LogP contribution in [0.15, 0.2) is 18.2 Å². The quantitative estimate of drug-likeness (QED) is 0.836. The maximum absolute atomic E-state index is 13.9. The molecule has 6 heteroatoms. The zero-order valence-electron chi connectivity index (χ0n) is 12.4. The van der Waals surface area contributed by atoms with Gasteiger partial charge in [0.15, 0.2) is 0 Å².